The van der Waals surface area contributed by atoms with E-state index in [9.17, 15) is 0 Å². The standard InChI is InChI=1S/C17H27N3O/c1-14-5-7-15(8-6-14)9-11-19-16(18-3)20-13-17(2)10-4-12-21-17/h5-8H,4,9-13H2,1-3H3,(H2,18,19,20). The number of nitrogens with zero attached hydrogens (tertiary/aromatic N) is 1. The van der Waals surface area contributed by atoms with E-state index in [0.29, 0.717) is 0 Å². The van der Waals surface area contributed by atoms with Crippen LogP contribution in [0.2, 0.25) is 0 Å². The molecule has 1 saturated heterocycles. The molecule has 1 heterocycles. The van der Waals surface area contributed by atoms with Gasteiger partial charge in [0.25, 0.3) is 0 Å². The third-order valence-corrected chi connectivity index (χ3v) is 3.98. The highest BCUT2D eigenvalue weighted by molar-refractivity contribution is 5.79. The summed E-state index contributed by atoms with van der Waals surface area (Å²) in [5.74, 6) is 0.846. The van der Waals surface area contributed by atoms with Gasteiger partial charge in [-0.15, -0.1) is 0 Å². The molecule has 0 saturated carbocycles. The number of guanidine groups is 1. The number of nitrogens with one attached hydrogen (secondary N) is 2. The van der Waals surface area contributed by atoms with Crippen LogP contribution in [0.1, 0.15) is 30.9 Å². The van der Waals surface area contributed by atoms with Crippen molar-refractivity contribution < 1.29 is 4.74 Å². The molecule has 1 aromatic carbocycles. The maximum absolute atomic E-state index is 5.78. The first-order valence-corrected chi connectivity index (χ1v) is 7.75. The lowest BCUT2D eigenvalue weighted by molar-refractivity contribution is 0.0243. The van der Waals surface area contributed by atoms with Crippen LogP contribution in [0, 0.1) is 6.92 Å². The Morgan fingerprint density at radius 1 is 1.29 bits per heavy atom. The van der Waals surface area contributed by atoms with Crippen molar-refractivity contribution in [1.82, 2.24) is 10.6 Å². The Morgan fingerprint density at radius 3 is 2.67 bits per heavy atom. The summed E-state index contributed by atoms with van der Waals surface area (Å²) in [7, 11) is 1.80. The number of aliphatic imine (C=N–C) groups is 1. The van der Waals surface area contributed by atoms with Crippen molar-refractivity contribution in [3.05, 3.63) is 35.4 Å². The molecular weight excluding hydrogens is 262 g/mol. The molecule has 0 bridgehead atoms. The lowest BCUT2D eigenvalue weighted by Gasteiger charge is -2.24. The van der Waals surface area contributed by atoms with Gasteiger partial charge in [-0.2, -0.15) is 0 Å². The van der Waals surface area contributed by atoms with E-state index in [0.717, 1.165) is 44.9 Å². The molecule has 2 N–H and O–H groups in total. The highest BCUT2D eigenvalue weighted by Gasteiger charge is 2.29. The largest absolute Gasteiger partial charge is 0.373 e. The Morgan fingerprint density at radius 2 is 2.05 bits per heavy atom. The Balaban J connectivity index is 1.71. The second kappa shape index (κ2) is 7.46. The third kappa shape index (κ3) is 5.05. The number of ether oxygens (including phenoxy) is 1. The molecule has 1 atom stereocenters. The van der Waals surface area contributed by atoms with Crippen LogP contribution in [0.4, 0.5) is 0 Å². The van der Waals surface area contributed by atoms with Crippen LogP contribution in [0.5, 0.6) is 0 Å². The van der Waals surface area contributed by atoms with E-state index < -0.39 is 0 Å². The van der Waals surface area contributed by atoms with Crippen LogP contribution in [0.3, 0.4) is 0 Å². The minimum atomic E-state index is -0.0470. The number of benzene rings is 1. The molecular formula is C17H27N3O. The molecule has 0 aliphatic carbocycles. The lowest BCUT2D eigenvalue weighted by atomic mass is 10.0. The predicted molar refractivity (Wildman–Crippen MR) is 87.8 cm³/mol. The van der Waals surface area contributed by atoms with Gasteiger partial charge in [-0.05, 0) is 38.7 Å². The highest BCUT2D eigenvalue weighted by Crippen LogP contribution is 2.23. The maximum Gasteiger partial charge on any atom is 0.191 e. The average molecular weight is 289 g/mol. The first-order valence-electron chi connectivity index (χ1n) is 7.75. The van der Waals surface area contributed by atoms with Gasteiger partial charge in [0, 0.05) is 26.7 Å². The molecule has 2 rings (SSSR count). The zero-order chi connectivity index (χ0) is 15.1. The van der Waals surface area contributed by atoms with Crippen molar-refractivity contribution in [3.8, 4) is 0 Å². The molecule has 0 aromatic heterocycles. The van der Waals surface area contributed by atoms with E-state index in [2.05, 4.69) is 53.7 Å². The summed E-state index contributed by atoms with van der Waals surface area (Å²) in [6.45, 7) is 6.82. The number of rotatable bonds is 5. The molecule has 4 heteroatoms. The van der Waals surface area contributed by atoms with Gasteiger partial charge in [0.15, 0.2) is 5.96 Å². The van der Waals surface area contributed by atoms with Crippen molar-refractivity contribution >= 4 is 5.96 Å². The fraction of sp³-hybridized carbons (Fsp3) is 0.588. The smallest absolute Gasteiger partial charge is 0.191 e. The van der Waals surface area contributed by atoms with Crippen LogP contribution >= 0.6 is 0 Å². The third-order valence-electron chi connectivity index (χ3n) is 3.98. The molecule has 1 fully saturated rings. The van der Waals surface area contributed by atoms with Crippen LogP contribution in [-0.2, 0) is 11.2 Å². The summed E-state index contributed by atoms with van der Waals surface area (Å²) in [6, 6.07) is 8.67. The van der Waals surface area contributed by atoms with Gasteiger partial charge in [0.1, 0.15) is 0 Å². The van der Waals surface area contributed by atoms with Gasteiger partial charge >= 0.3 is 0 Å². The highest BCUT2D eigenvalue weighted by atomic mass is 16.5. The van der Waals surface area contributed by atoms with Crippen molar-refractivity contribution in [2.24, 2.45) is 4.99 Å². The predicted octanol–water partition coefficient (Wildman–Crippen LogP) is 2.27. The second-order valence-corrected chi connectivity index (χ2v) is 5.99. The van der Waals surface area contributed by atoms with Gasteiger partial charge in [0.2, 0.25) is 0 Å². The van der Waals surface area contributed by atoms with Crippen molar-refractivity contribution in [3.63, 3.8) is 0 Å². The summed E-state index contributed by atoms with van der Waals surface area (Å²) in [6.07, 6.45) is 3.26. The number of hydrogen-bond donors (Lipinski definition) is 2. The van der Waals surface area contributed by atoms with Crippen molar-refractivity contribution in [2.75, 3.05) is 26.7 Å². The van der Waals surface area contributed by atoms with E-state index in [1.165, 1.54) is 11.1 Å². The Labute approximate surface area is 128 Å². The number of hydrogen-bond acceptors (Lipinski definition) is 2. The first-order chi connectivity index (χ1) is 10.1. The Hall–Kier alpha value is -1.55. The molecule has 1 aliphatic heterocycles. The molecule has 1 unspecified atom stereocenters. The second-order valence-electron chi connectivity index (χ2n) is 5.99. The SMILES string of the molecule is CN=C(NCCc1ccc(C)cc1)NCC1(C)CCCO1. The minimum absolute atomic E-state index is 0.0470. The van der Waals surface area contributed by atoms with E-state index in [4.69, 9.17) is 4.74 Å². The normalized spacial score (nSPS) is 22.3. The fourth-order valence-corrected chi connectivity index (χ4v) is 2.55. The summed E-state index contributed by atoms with van der Waals surface area (Å²) < 4.78 is 5.78. The summed E-state index contributed by atoms with van der Waals surface area (Å²) >= 11 is 0. The molecule has 1 aliphatic rings. The van der Waals surface area contributed by atoms with E-state index in [-0.39, 0.29) is 5.60 Å². The fourth-order valence-electron chi connectivity index (χ4n) is 2.55. The zero-order valence-electron chi connectivity index (χ0n) is 13.4. The van der Waals surface area contributed by atoms with Crippen LogP contribution in [-0.4, -0.2) is 38.3 Å². The molecule has 116 valence electrons. The Bertz CT molecular complexity index is 461. The monoisotopic (exact) mass is 289 g/mol. The van der Waals surface area contributed by atoms with E-state index >= 15 is 0 Å². The van der Waals surface area contributed by atoms with Gasteiger partial charge in [-0.3, -0.25) is 4.99 Å². The first kappa shape index (κ1) is 15.8. The molecule has 21 heavy (non-hydrogen) atoms. The summed E-state index contributed by atoms with van der Waals surface area (Å²) in [5, 5.41) is 6.72. The molecule has 1 aromatic rings. The average Bonchev–Trinajstić information content (AvgIpc) is 2.92. The van der Waals surface area contributed by atoms with Crippen LogP contribution in [0.15, 0.2) is 29.3 Å². The van der Waals surface area contributed by atoms with Gasteiger partial charge in [-0.25, -0.2) is 0 Å². The van der Waals surface area contributed by atoms with Crippen LogP contribution in [0.25, 0.3) is 0 Å². The quantitative estimate of drug-likeness (QED) is 0.646. The van der Waals surface area contributed by atoms with Crippen molar-refractivity contribution in [2.45, 2.75) is 38.7 Å². The molecule has 4 nitrogen and oxygen atoms in total. The lowest BCUT2D eigenvalue weighted by Crippen LogP contribution is -2.45. The number of aryl methyl sites for hydroxylation is 1. The summed E-state index contributed by atoms with van der Waals surface area (Å²) in [5.41, 5.74) is 2.60. The summed E-state index contributed by atoms with van der Waals surface area (Å²) in [4.78, 5) is 4.26. The van der Waals surface area contributed by atoms with Gasteiger partial charge < -0.3 is 15.4 Å². The Kier molecular flexibility index (Phi) is 5.62. The molecule has 0 radical (unpaired) electrons. The van der Waals surface area contributed by atoms with Crippen LogP contribution < -0.4 is 10.6 Å². The molecule has 0 spiro atoms. The van der Waals surface area contributed by atoms with Gasteiger partial charge in [-0.1, -0.05) is 29.8 Å². The minimum Gasteiger partial charge on any atom is -0.373 e. The molecule has 0 amide bonds. The zero-order valence-corrected chi connectivity index (χ0v) is 13.4. The van der Waals surface area contributed by atoms with E-state index in [1.807, 2.05) is 0 Å². The topological polar surface area (TPSA) is 45.7 Å². The van der Waals surface area contributed by atoms with Crippen molar-refractivity contribution in [1.29, 1.82) is 0 Å². The van der Waals surface area contributed by atoms with Gasteiger partial charge in [0.05, 0.1) is 5.60 Å². The maximum atomic E-state index is 5.78. The van der Waals surface area contributed by atoms with E-state index in [1.54, 1.807) is 7.05 Å².